The third-order valence-corrected chi connectivity index (χ3v) is 5.60. The zero-order valence-electron chi connectivity index (χ0n) is 19.7. The fraction of sp³-hybridized carbons (Fsp3) is 0.185. The molecule has 7 nitrogen and oxygen atoms in total. The molecule has 0 saturated heterocycles. The molecule has 4 aromatic rings. The van der Waals surface area contributed by atoms with Crippen LogP contribution < -0.4 is 10.5 Å². The lowest BCUT2D eigenvalue weighted by molar-refractivity contribution is -0.198. The molecule has 10 heteroatoms. The third-order valence-electron chi connectivity index (χ3n) is 5.60. The number of rotatable bonds is 8. The van der Waals surface area contributed by atoms with E-state index in [0.717, 1.165) is 11.1 Å². The van der Waals surface area contributed by atoms with Crippen LogP contribution >= 0.6 is 0 Å². The summed E-state index contributed by atoms with van der Waals surface area (Å²) in [6.07, 6.45) is -3.57. The highest BCUT2D eigenvalue weighted by Gasteiger charge is 2.43. The van der Waals surface area contributed by atoms with Crippen molar-refractivity contribution in [2.24, 2.45) is 5.73 Å². The normalized spacial score (nSPS) is 13.1. The van der Waals surface area contributed by atoms with Crippen LogP contribution in [0.25, 0.3) is 22.4 Å². The van der Waals surface area contributed by atoms with Crippen LogP contribution in [0.5, 0.6) is 5.88 Å². The second kappa shape index (κ2) is 10.8. The Hall–Kier alpha value is -4.31. The van der Waals surface area contributed by atoms with Gasteiger partial charge in [-0.1, -0.05) is 48.5 Å². The molecule has 4 rings (SSSR count). The number of aromatic nitrogens is 3. The van der Waals surface area contributed by atoms with Gasteiger partial charge in [-0.25, -0.2) is 4.98 Å². The highest BCUT2D eigenvalue weighted by molar-refractivity contribution is 5.73. The molecule has 190 valence electrons. The van der Waals surface area contributed by atoms with Crippen molar-refractivity contribution < 1.29 is 27.8 Å². The maximum absolute atomic E-state index is 14.0. The van der Waals surface area contributed by atoms with Gasteiger partial charge in [0.2, 0.25) is 12.0 Å². The van der Waals surface area contributed by atoms with E-state index in [4.69, 9.17) is 15.6 Å². The molecule has 1 unspecified atom stereocenters. The number of hydrogen-bond donors (Lipinski definition) is 2. The van der Waals surface area contributed by atoms with Gasteiger partial charge in [-0.15, -0.1) is 0 Å². The summed E-state index contributed by atoms with van der Waals surface area (Å²) < 4.78 is 47.4. The fourth-order valence-electron chi connectivity index (χ4n) is 3.74. The van der Waals surface area contributed by atoms with Gasteiger partial charge in [0.05, 0.1) is 5.69 Å². The number of pyridine rings is 1. The highest BCUT2D eigenvalue weighted by atomic mass is 19.4. The van der Waals surface area contributed by atoms with E-state index in [-0.39, 0.29) is 23.7 Å². The summed E-state index contributed by atoms with van der Waals surface area (Å²) in [5.41, 5.74) is 8.76. The van der Waals surface area contributed by atoms with Crippen LogP contribution in [0.4, 0.5) is 13.2 Å². The van der Waals surface area contributed by atoms with E-state index >= 15 is 0 Å². The molecule has 0 radical (unpaired) electrons. The molecule has 2 atom stereocenters. The van der Waals surface area contributed by atoms with E-state index in [1.54, 1.807) is 67.8 Å². The first-order valence-corrected chi connectivity index (χ1v) is 11.3. The molecule has 0 aliphatic rings. The molecule has 2 aromatic heterocycles. The van der Waals surface area contributed by atoms with E-state index in [1.165, 1.54) is 18.2 Å². The molecule has 0 bridgehead atoms. The summed E-state index contributed by atoms with van der Waals surface area (Å²) in [7, 11) is 0. The predicted octanol–water partition coefficient (Wildman–Crippen LogP) is 5.15. The van der Waals surface area contributed by atoms with Crippen molar-refractivity contribution in [2.45, 2.75) is 31.7 Å². The first kappa shape index (κ1) is 25.8. The Morgan fingerprint density at radius 1 is 0.946 bits per heavy atom. The number of halogens is 3. The Morgan fingerprint density at radius 2 is 1.54 bits per heavy atom. The van der Waals surface area contributed by atoms with E-state index < -0.39 is 24.3 Å². The molecule has 0 aliphatic carbocycles. The number of alkyl halides is 3. The van der Waals surface area contributed by atoms with Crippen LogP contribution in [-0.2, 0) is 11.2 Å². The number of nitrogens with zero attached hydrogens (tertiary/aromatic N) is 3. The third kappa shape index (κ3) is 6.47. The quantitative estimate of drug-likeness (QED) is 0.339. The monoisotopic (exact) mass is 508 g/mol. The summed E-state index contributed by atoms with van der Waals surface area (Å²) in [6.45, 7) is 1.56. The first-order chi connectivity index (χ1) is 17.6. The molecule has 0 saturated carbocycles. The van der Waals surface area contributed by atoms with Crippen LogP contribution in [0.2, 0.25) is 0 Å². The molecule has 0 fully saturated rings. The van der Waals surface area contributed by atoms with Crippen LogP contribution in [0.1, 0.15) is 23.1 Å². The number of aryl methyl sites for hydroxylation is 1. The number of carbonyl (C=O) groups is 1. The average Bonchev–Trinajstić information content (AvgIpc) is 2.87. The first-order valence-electron chi connectivity index (χ1n) is 11.3. The van der Waals surface area contributed by atoms with Gasteiger partial charge in [0.25, 0.3) is 0 Å². The van der Waals surface area contributed by atoms with Crippen molar-refractivity contribution in [1.82, 2.24) is 15.0 Å². The Bertz CT molecular complexity index is 1360. The minimum Gasteiger partial charge on any atom is -0.480 e. The molecule has 37 heavy (non-hydrogen) atoms. The Morgan fingerprint density at radius 3 is 2.14 bits per heavy atom. The summed E-state index contributed by atoms with van der Waals surface area (Å²) in [5.74, 6) is -1.10. The number of benzene rings is 2. The lowest BCUT2D eigenvalue weighted by Crippen LogP contribution is -2.32. The summed E-state index contributed by atoms with van der Waals surface area (Å²) >= 11 is 0. The fourth-order valence-corrected chi connectivity index (χ4v) is 3.74. The smallest absolute Gasteiger partial charge is 0.429 e. The van der Waals surface area contributed by atoms with E-state index in [2.05, 4.69) is 15.0 Å². The van der Waals surface area contributed by atoms with Crippen LogP contribution in [0.3, 0.4) is 0 Å². The molecule has 0 spiro atoms. The van der Waals surface area contributed by atoms with Gasteiger partial charge < -0.3 is 15.6 Å². The number of aliphatic carboxylic acids is 1. The largest absolute Gasteiger partial charge is 0.480 e. The Labute approximate surface area is 210 Å². The van der Waals surface area contributed by atoms with Crippen LogP contribution in [0.15, 0.2) is 79.1 Å². The van der Waals surface area contributed by atoms with Crippen molar-refractivity contribution in [2.75, 3.05) is 0 Å². The molecule has 0 amide bonds. The molecular weight excluding hydrogens is 485 g/mol. The van der Waals surface area contributed by atoms with Gasteiger partial charge in [0, 0.05) is 29.6 Å². The SMILES string of the molecule is Cc1nc(OC(c2ccc(-c3ccncc3)cc2)C(F)(F)F)cc(-c2ccc(C[C@H](N)C(=O)O)cc2)n1. The summed E-state index contributed by atoms with van der Waals surface area (Å²) in [5, 5.41) is 8.98. The van der Waals surface area contributed by atoms with Crippen molar-refractivity contribution in [3.63, 3.8) is 0 Å². The number of carboxylic acids is 1. The lowest BCUT2D eigenvalue weighted by Gasteiger charge is -2.22. The van der Waals surface area contributed by atoms with Gasteiger partial charge in [0.1, 0.15) is 11.9 Å². The lowest BCUT2D eigenvalue weighted by atomic mass is 10.0. The van der Waals surface area contributed by atoms with Gasteiger partial charge >= 0.3 is 12.1 Å². The topological polar surface area (TPSA) is 111 Å². The van der Waals surface area contributed by atoms with Crippen molar-refractivity contribution >= 4 is 5.97 Å². The molecule has 2 heterocycles. The number of carboxylic acid groups (broad SMARTS) is 1. The van der Waals surface area contributed by atoms with E-state index in [0.29, 0.717) is 16.8 Å². The van der Waals surface area contributed by atoms with Gasteiger partial charge in [0.15, 0.2) is 0 Å². The minimum absolute atomic E-state index is 0.0674. The molecule has 2 aromatic carbocycles. The zero-order chi connectivity index (χ0) is 26.6. The Kier molecular flexibility index (Phi) is 7.49. The van der Waals surface area contributed by atoms with Gasteiger partial charge in [-0.3, -0.25) is 9.78 Å². The molecule has 3 N–H and O–H groups in total. The molecular formula is C27H23F3N4O3. The Balaban J connectivity index is 1.58. The van der Waals surface area contributed by atoms with Crippen LogP contribution in [-0.4, -0.2) is 38.2 Å². The highest BCUT2D eigenvalue weighted by Crippen LogP contribution is 2.37. The minimum atomic E-state index is -4.69. The number of nitrogens with two attached hydrogens (primary N) is 1. The standard InChI is InChI=1S/C27H23F3N4O3/c1-16-33-23(20-4-2-17(3-5-20)14-22(31)26(35)36)15-24(34-16)37-25(27(28,29)30)21-8-6-18(7-9-21)19-10-12-32-13-11-19/h2-13,15,22,25H,14,31H2,1H3,(H,35,36)/t22-,25?/m0/s1. The second-order valence-electron chi connectivity index (χ2n) is 8.38. The average molecular weight is 509 g/mol. The molecule has 0 aliphatic heterocycles. The zero-order valence-corrected chi connectivity index (χ0v) is 19.7. The maximum atomic E-state index is 14.0. The van der Waals surface area contributed by atoms with Gasteiger partial charge in [-0.2, -0.15) is 18.2 Å². The van der Waals surface area contributed by atoms with Crippen molar-refractivity contribution in [3.8, 4) is 28.3 Å². The van der Waals surface area contributed by atoms with Crippen LogP contribution in [0, 0.1) is 6.92 Å². The van der Waals surface area contributed by atoms with E-state index in [1.807, 2.05) is 0 Å². The summed E-state index contributed by atoms with van der Waals surface area (Å²) in [4.78, 5) is 23.3. The van der Waals surface area contributed by atoms with E-state index in [9.17, 15) is 18.0 Å². The predicted molar refractivity (Wildman–Crippen MR) is 131 cm³/mol. The number of hydrogen-bond acceptors (Lipinski definition) is 6. The maximum Gasteiger partial charge on any atom is 0.429 e. The summed E-state index contributed by atoms with van der Waals surface area (Å²) in [6, 6.07) is 16.6. The van der Waals surface area contributed by atoms with Crippen molar-refractivity contribution in [3.05, 3.63) is 96.1 Å². The van der Waals surface area contributed by atoms with Crippen molar-refractivity contribution in [1.29, 1.82) is 0 Å². The van der Waals surface area contributed by atoms with Gasteiger partial charge in [-0.05, 0) is 42.2 Å². The number of ether oxygens (including phenoxy) is 1. The second-order valence-corrected chi connectivity index (χ2v) is 8.38.